The second kappa shape index (κ2) is 4.63. The molecule has 0 aliphatic rings. The highest BCUT2D eigenvalue weighted by Crippen LogP contribution is 2.21. The van der Waals surface area contributed by atoms with Crippen LogP contribution in [0.5, 0.6) is 0 Å². The lowest BCUT2D eigenvalue weighted by Crippen LogP contribution is -2.11. The Kier molecular flexibility index (Phi) is 3.19. The normalized spacial score (nSPS) is 10.2. The van der Waals surface area contributed by atoms with Gasteiger partial charge in [-0.25, -0.2) is 0 Å². The molecule has 4 nitrogen and oxygen atoms in total. The lowest BCUT2D eigenvalue weighted by molar-refractivity contribution is 0.102. The second-order valence-electron chi connectivity index (χ2n) is 3.63. The molecule has 1 heterocycles. The summed E-state index contributed by atoms with van der Waals surface area (Å²) in [6.45, 7) is 1.89. The summed E-state index contributed by atoms with van der Waals surface area (Å²) in [5.41, 5.74) is 8.49. The Morgan fingerprint density at radius 3 is 2.76 bits per heavy atom. The minimum atomic E-state index is -0.227. The SMILES string of the molecule is Cc1cc(NC(=O)c2ccoc2Br)ccc1N. The standard InChI is InChI=1S/C12H11BrN2O2/c1-7-6-8(2-3-10(7)14)15-12(16)9-4-5-17-11(9)13/h2-6H,14H2,1H3,(H,15,16). The number of furan rings is 1. The molecule has 0 atom stereocenters. The van der Waals surface area contributed by atoms with Crippen LogP contribution in [0.15, 0.2) is 39.6 Å². The van der Waals surface area contributed by atoms with Crippen molar-refractivity contribution in [2.75, 3.05) is 11.1 Å². The Labute approximate surface area is 107 Å². The molecule has 2 aromatic rings. The smallest absolute Gasteiger partial charge is 0.260 e. The number of nitrogen functional groups attached to an aromatic ring is 1. The molecule has 17 heavy (non-hydrogen) atoms. The third-order valence-electron chi connectivity index (χ3n) is 2.39. The highest BCUT2D eigenvalue weighted by Gasteiger charge is 2.12. The first-order valence-corrected chi connectivity index (χ1v) is 5.77. The van der Waals surface area contributed by atoms with Crippen molar-refractivity contribution in [1.82, 2.24) is 0 Å². The number of carbonyl (C=O) groups is 1. The number of nitrogens with two attached hydrogens (primary N) is 1. The van der Waals surface area contributed by atoms with Gasteiger partial charge in [0.25, 0.3) is 5.91 Å². The zero-order valence-electron chi connectivity index (χ0n) is 9.16. The summed E-state index contributed by atoms with van der Waals surface area (Å²) in [7, 11) is 0. The van der Waals surface area contributed by atoms with Crippen molar-refractivity contribution in [3.05, 3.63) is 46.3 Å². The molecule has 0 spiro atoms. The fraction of sp³-hybridized carbons (Fsp3) is 0.0833. The molecular weight excluding hydrogens is 284 g/mol. The molecule has 0 fully saturated rings. The van der Waals surface area contributed by atoms with Gasteiger partial charge in [-0.3, -0.25) is 4.79 Å². The van der Waals surface area contributed by atoms with Crippen molar-refractivity contribution in [2.24, 2.45) is 0 Å². The van der Waals surface area contributed by atoms with Crippen LogP contribution in [-0.4, -0.2) is 5.91 Å². The van der Waals surface area contributed by atoms with E-state index in [1.165, 1.54) is 6.26 Å². The molecule has 88 valence electrons. The summed E-state index contributed by atoms with van der Waals surface area (Å²) in [6.07, 6.45) is 1.45. The van der Waals surface area contributed by atoms with Gasteiger partial charge in [0.15, 0.2) is 4.67 Å². The van der Waals surface area contributed by atoms with Crippen molar-refractivity contribution in [1.29, 1.82) is 0 Å². The van der Waals surface area contributed by atoms with Crippen LogP contribution in [-0.2, 0) is 0 Å². The van der Waals surface area contributed by atoms with Crippen LogP contribution in [0.4, 0.5) is 11.4 Å². The number of nitrogens with one attached hydrogen (secondary N) is 1. The third kappa shape index (κ3) is 2.50. The van der Waals surface area contributed by atoms with Crippen molar-refractivity contribution >= 4 is 33.2 Å². The molecule has 0 radical (unpaired) electrons. The molecule has 0 bridgehead atoms. The lowest BCUT2D eigenvalue weighted by atomic mass is 10.2. The first kappa shape index (κ1) is 11.7. The van der Waals surface area contributed by atoms with Gasteiger partial charge in [-0.15, -0.1) is 0 Å². The highest BCUT2D eigenvalue weighted by molar-refractivity contribution is 9.10. The van der Waals surface area contributed by atoms with E-state index in [0.29, 0.717) is 21.6 Å². The number of aryl methyl sites for hydroxylation is 1. The summed E-state index contributed by atoms with van der Waals surface area (Å²) in [6, 6.07) is 6.94. The summed E-state index contributed by atoms with van der Waals surface area (Å²) in [5, 5.41) is 2.77. The van der Waals surface area contributed by atoms with Crippen LogP contribution in [0.3, 0.4) is 0 Å². The fourth-order valence-electron chi connectivity index (χ4n) is 1.41. The zero-order valence-corrected chi connectivity index (χ0v) is 10.7. The van der Waals surface area contributed by atoms with Crippen LogP contribution < -0.4 is 11.1 Å². The highest BCUT2D eigenvalue weighted by atomic mass is 79.9. The molecule has 2 rings (SSSR count). The minimum Gasteiger partial charge on any atom is -0.457 e. The van der Waals surface area contributed by atoms with E-state index >= 15 is 0 Å². The van der Waals surface area contributed by atoms with E-state index in [1.54, 1.807) is 18.2 Å². The largest absolute Gasteiger partial charge is 0.457 e. The van der Waals surface area contributed by atoms with E-state index in [0.717, 1.165) is 5.56 Å². The van der Waals surface area contributed by atoms with Gasteiger partial charge in [0.05, 0.1) is 11.8 Å². The predicted molar refractivity (Wildman–Crippen MR) is 70.0 cm³/mol. The van der Waals surface area contributed by atoms with Crippen LogP contribution >= 0.6 is 15.9 Å². The molecule has 0 saturated carbocycles. The summed E-state index contributed by atoms with van der Waals surface area (Å²) in [5.74, 6) is -0.227. The average Bonchev–Trinajstić information content (AvgIpc) is 2.70. The van der Waals surface area contributed by atoms with Crippen molar-refractivity contribution in [3.8, 4) is 0 Å². The molecule has 0 aliphatic carbocycles. The fourth-order valence-corrected chi connectivity index (χ4v) is 1.83. The van der Waals surface area contributed by atoms with E-state index in [-0.39, 0.29) is 5.91 Å². The molecule has 1 aromatic heterocycles. The monoisotopic (exact) mass is 294 g/mol. The second-order valence-corrected chi connectivity index (χ2v) is 4.35. The average molecular weight is 295 g/mol. The van der Waals surface area contributed by atoms with E-state index in [4.69, 9.17) is 10.2 Å². The van der Waals surface area contributed by atoms with Gasteiger partial charge in [-0.05, 0) is 52.7 Å². The number of carbonyl (C=O) groups excluding carboxylic acids is 1. The number of anilines is 2. The van der Waals surface area contributed by atoms with Crippen molar-refractivity contribution < 1.29 is 9.21 Å². The molecule has 3 N–H and O–H groups in total. The Morgan fingerprint density at radius 2 is 2.18 bits per heavy atom. The Bertz CT molecular complexity index is 563. The van der Waals surface area contributed by atoms with Gasteiger partial charge in [-0.2, -0.15) is 0 Å². The maximum Gasteiger partial charge on any atom is 0.260 e. The van der Waals surface area contributed by atoms with Crippen molar-refractivity contribution in [3.63, 3.8) is 0 Å². The van der Waals surface area contributed by atoms with Crippen LogP contribution in [0.25, 0.3) is 0 Å². The lowest BCUT2D eigenvalue weighted by Gasteiger charge is -2.06. The van der Waals surface area contributed by atoms with E-state index in [1.807, 2.05) is 13.0 Å². The first-order chi connectivity index (χ1) is 8.08. The van der Waals surface area contributed by atoms with Gasteiger partial charge in [-0.1, -0.05) is 0 Å². The van der Waals surface area contributed by atoms with Crippen molar-refractivity contribution in [2.45, 2.75) is 6.92 Å². The maximum atomic E-state index is 11.9. The van der Waals surface area contributed by atoms with Gasteiger partial charge >= 0.3 is 0 Å². The Morgan fingerprint density at radius 1 is 1.41 bits per heavy atom. The molecule has 0 unspecified atom stereocenters. The number of amides is 1. The van der Waals surface area contributed by atoms with Gasteiger partial charge in [0.2, 0.25) is 0 Å². The number of benzene rings is 1. The molecule has 5 heteroatoms. The Hall–Kier alpha value is -1.75. The summed E-state index contributed by atoms with van der Waals surface area (Å²) < 4.78 is 5.42. The number of hydrogen-bond acceptors (Lipinski definition) is 3. The van der Waals surface area contributed by atoms with Crippen LogP contribution in [0, 0.1) is 6.92 Å². The number of halogens is 1. The van der Waals surface area contributed by atoms with E-state index in [9.17, 15) is 4.79 Å². The molecular formula is C12H11BrN2O2. The van der Waals surface area contributed by atoms with Gasteiger partial charge in [0, 0.05) is 11.4 Å². The van der Waals surface area contributed by atoms with Gasteiger partial charge in [0.1, 0.15) is 0 Å². The predicted octanol–water partition coefficient (Wildman–Crippen LogP) is 3.19. The van der Waals surface area contributed by atoms with Crippen LogP contribution in [0.2, 0.25) is 0 Å². The summed E-state index contributed by atoms with van der Waals surface area (Å²) in [4.78, 5) is 11.9. The molecule has 0 aliphatic heterocycles. The molecule has 0 saturated heterocycles. The van der Waals surface area contributed by atoms with E-state index in [2.05, 4.69) is 21.2 Å². The topological polar surface area (TPSA) is 68.3 Å². The summed E-state index contributed by atoms with van der Waals surface area (Å²) >= 11 is 3.16. The maximum absolute atomic E-state index is 11.9. The first-order valence-electron chi connectivity index (χ1n) is 4.98. The number of hydrogen-bond donors (Lipinski definition) is 2. The molecule has 1 amide bonds. The third-order valence-corrected chi connectivity index (χ3v) is 3.00. The Balaban J connectivity index is 2.19. The molecule has 1 aromatic carbocycles. The number of rotatable bonds is 2. The van der Waals surface area contributed by atoms with E-state index < -0.39 is 0 Å². The minimum absolute atomic E-state index is 0.227. The van der Waals surface area contributed by atoms with Crippen LogP contribution in [0.1, 0.15) is 15.9 Å². The zero-order chi connectivity index (χ0) is 12.4. The quantitative estimate of drug-likeness (QED) is 0.836. The van der Waals surface area contributed by atoms with Gasteiger partial charge < -0.3 is 15.5 Å².